The summed E-state index contributed by atoms with van der Waals surface area (Å²) in [4.78, 5) is 0. The van der Waals surface area contributed by atoms with Crippen molar-refractivity contribution in [3.05, 3.63) is 23.3 Å². The summed E-state index contributed by atoms with van der Waals surface area (Å²) in [7, 11) is 0. The zero-order chi connectivity index (χ0) is 11.7. The highest BCUT2D eigenvalue weighted by atomic mass is 16.6. The lowest BCUT2D eigenvalue weighted by Gasteiger charge is -2.26. The molecule has 0 bridgehead atoms. The van der Waals surface area contributed by atoms with Gasteiger partial charge >= 0.3 is 0 Å². The summed E-state index contributed by atoms with van der Waals surface area (Å²) in [5.41, 5.74) is 2.58. The first-order valence-corrected chi connectivity index (χ1v) is 6.45. The molecule has 1 unspecified atom stereocenters. The number of hydrogen-bond acceptors (Lipinski definition) is 3. The van der Waals surface area contributed by atoms with Gasteiger partial charge in [-0.3, -0.25) is 0 Å². The van der Waals surface area contributed by atoms with Crippen LogP contribution in [0.25, 0.3) is 0 Å². The number of aryl methyl sites for hydroxylation is 1. The summed E-state index contributed by atoms with van der Waals surface area (Å²) >= 11 is 0. The molecule has 1 N–H and O–H groups in total. The molecule has 92 valence electrons. The molecule has 0 amide bonds. The lowest BCUT2D eigenvalue weighted by molar-refractivity contribution is 0.170. The molecular weight excluding hydrogens is 214 g/mol. The molecule has 0 aromatic heterocycles. The molecule has 1 aromatic carbocycles. The van der Waals surface area contributed by atoms with Crippen molar-refractivity contribution in [3.63, 3.8) is 0 Å². The normalized spacial score (nSPS) is 23.5. The Morgan fingerprint density at radius 3 is 2.94 bits per heavy atom. The molecule has 3 rings (SSSR count). The van der Waals surface area contributed by atoms with Crippen LogP contribution < -0.4 is 14.8 Å². The number of piperidine rings is 1. The highest BCUT2D eigenvalue weighted by Gasteiger charge is 2.20. The smallest absolute Gasteiger partial charge is 0.164 e. The number of rotatable bonds is 1. The van der Waals surface area contributed by atoms with Crippen LogP contribution in [0.3, 0.4) is 0 Å². The zero-order valence-corrected chi connectivity index (χ0v) is 10.3. The van der Waals surface area contributed by atoms with Gasteiger partial charge in [0.05, 0.1) is 0 Å². The van der Waals surface area contributed by atoms with E-state index in [-0.39, 0.29) is 0 Å². The zero-order valence-electron chi connectivity index (χ0n) is 10.3. The molecule has 2 aliphatic rings. The van der Waals surface area contributed by atoms with E-state index in [1.54, 1.807) is 0 Å². The SMILES string of the molecule is Cc1cc(C2CCCNC2)cc2c1OCCO2. The predicted molar refractivity (Wildman–Crippen MR) is 67.0 cm³/mol. The third-order valence-electron chi connectivity index (χ3n) is 3.62. The largest absolute Gasteiger partial charge is 0.486 e. The second kappa shape index (κ2) is 4.57. The molecular formula is C14H19NO2. The Labute approximate surface area is 102 Å². The highest BCUT2D eigenvalue weighted by molar-refractivity contribution is 5.50. The van der Waals surface area contributed by atoms with E-state index in [9.17, 15) is 0 Å². The van der Waals surface area contributed by atoms with Gasteiger partial charge in [0, 0.05) is 6.54 Å². The summed E-state index contributed by atoms with van der Waals surface area (Å²) in [5.74, 6) is 2.49. The van der Waals surface area contributed by atoms with Gasteiger partial charge in [-0.15, -0.1) is 0 Å². The number of nitrogens with one attached hydrogen (secondary N) is 1. The quantitative estimate of drug-likeness (QED) is 0.807. The van der Waals surface area contributed by atoms with E-state index >= 15 is 0 Å². The van der Waals surface area contributed by atoms with Gasteiger partial charge in [0.25, 0.3) is 0 Å². The average molecular weight is 233 g/mol. The van der Waals surface area contributed by atoms with Crippen molar-refractivity contribution >= 4 is 0 Å². The van der Waals surface area contributed by atoms with Crippen LogP contribution in [-0.4, -0.2) is 26.3 Å². The van der Waals surface area contributed by atoms with E-state index in [1.807, 2.05) is 0 Å². The number of fused-ring (bicyclic) bond motifs is 1. The van der Waals surface area contributed by atoms with Crippen LogP contribution in [0, 0.1) is 6.92 Å². The van der Waals surface area contributed by atoms with Crippen molar-refractivity contribution in [2.24, 2.45) is 0 Å². The van der Waals surface area contributed by atoms with E-state index in [1.165, 1.54) is 24.0 Å². The third kappa shape index (κ3) is 2.12. The Morgan fingerprint density at radius 2 is 2.12 bits per heavy atom. The van der Waals surface area contributed by atoms with Crippen molar-refractivity contribution in [2.75, 3.05) is 26.3 Å². The molecule has 3 heteroatoms. The van der Waals surface area contributed by atoms with Crippen LogP contribution in [0.5, 0.6) is 11.5 Å². The fraction of sp³-hybridized carbons (Fsp3) is 0.571. The van der Waals surface area contributed by atoms with Gasteiger partial charge in [-0.2, -0.15) is 0 Å². The van der Waals surface area contributed by atoms with Crippen LogP contribution in [0.15, 0.2) is 12.1 Å². The first kappa shape index (κ1) is 10.9. The molecule has 1 atom stereocenters. The molecule has 1 fully saturated rings. The summed E-state index contributed by atoms with van der Waals surface area (Å²) in [6.45, 7) is 5.67. The van der Waals surface area contributed by atoms with E-state index < -0.39 is 0 Å². The second-order valence-corrected chi connectivity index (χ2v) is 4.91. The summed E-state index contributed by atoms with van der Waals surface area (Å²) in [6, 6.07) is 4.42. The van der Waals surface area contributed by atoms with E-state index in [2.05, 4.69) is 24.4 Å². The van der Waals surface area contributed by atoms with E-state index in [4.69, 9.17) is 9.47 Å². The van der Waals surface area contributed by atoms with E-state index in [0.717, 1.165) is 24.6 Å². The first-order chi connectivity index (χ1) is 8.34. The lowest BCUT2D eigenvalue weighted by atomic mass is 9.90. The standard InChI is InChI=1S/C14H19NO2/c1-10-7-12(11-3-2-4-15-9-11)8-13-14(10)17-6-5-16-13/h7-8,11,15H,2-6,9H2,1H3. The topological polar surface area (TPSA) is 30.5 Å². The Morgan fingerprint density at radius 1 is 1.24 bits per heavy atom. The summed E-state index contributed by atoms with van der Waals surface area (Å²) in [6.07, 6.45) is 2.53. The molecule has 1 saturated heterocycles. The molecule has 1 aromatic rings. The fourth-order valence-electron chi connectivity index (χ4n) is 2.73. The first-order valence-electron chi connectivity index (χ1n) is 6.45. The van der Waals surface area contributed by atoms with Crippen LogP contribution in [0.1, 0.15) is 29.9 Å². The van der Waals surface area contributed by atoms with Crippen molar-refractivity contribution in [3.8, 4) is 11.5 Å². The number of hydrogen-bond donors (Lipinski definition) is 1. The minimum atomic E-state index is 0.623. The van der Waals surface area contributed by atoms with Gasteiger partial charge in [0.2, 0.25) is 0 Å². The highest BCUT2D eigenvalue weighted by Crippen LogP contribution is 2.37. The maximum atomic E-state index is 5.69. The lowest BCUT2D eigenvalue weighted by Crippen LogP contribution is -2.28. The van der Waals surface area contributed by atoms with Crippen LogP contribution in [0.2, 0.25) is 0 Å². The predicted octanol–water partition coefficient (Wildman–Crippen LogP) is 2.23. The Hall–Kier alpha value is -1.22. The second-order valence-electron chi connectivity index (χ2n) is 4.91. The minimum Gasteiger partial charge on any atom is -0.486 e. The molecule has 0 aliphatic carbocycles. The molecule has 3 nitrogen and oxygen atoms in total. The molecule has 17 heavy (non-hydrogen) atoms. The number of ether oxygens (including phenoxy) is 2. The summed E-state index contributed by atoms with van der Waals surface area (Å²) < 4.78 is 11.3. The fourth-order valence-corrected chi connectivity index (χ4v) is 2.73. The third-order valence-corrected chi connectivity index (χ3v) is 3.62. The molecule has 0 radical (unpaired) electrons. The van der Waals surface area contributed by atoms with Crippen LogP contribution in [0.4, 0.5) is 0 Å². The van der Waals surface area contributed by atoms with Crippen molar-refractivity contribution in [2.45, 2.75) is 25.7 Å². The molecule has 0 spiro atoms. The maximum Gasteiger partial charge on any atom is 0.164 e. The average Bonchev–Trinajstić information content (AvgIpc) is 2.40. The van der Waals surface area contributed by atoms with Crippen LogP contribution in [-0.2, 0) is 0 Å². The van der Waals surface area contributed by atoms with Gasteiger partial charge in [-0.1, -0.05) is 6.07 Å². The van der Waals surface area contributed by atoms with E-state index in [0.29, 0.717) is 19.1 Å². The monoisotopic (exact) mass is 233 g/mol. The van der Waals surface area contributed by atoms with Crippen molar-refractivity contribution in [1.29, 1.82) is 0 Å². The van der Waals surface area contributed by atoms with Gasteiger partial charge in [0.1, 0.15) is 13.2 Å². The molecule has 0 saturated carbocycles. The van der Waals surface area contributed by atoms with Gasteiger partial charge in [-0.05, 0) is 49.4 Å². The Kier molecular flexibility index (Phi) is 2.93. The number of benzene rings is 1. The van der Waals surface area contributed by atoms with Crippen LogP contribution >= 0.6 is 0 Å². The Bertz CT molecular complexity index is 411. The van der Waals surface area contributed by atoms with Gasteiger partial charge in [0.15, 0.2) is 11.5 Å². The molecule has 2 heterocycles. The summed E-state index contributed by atoms with van der Waals surface area (Å²) in [5, 5.41) is 3.46. The van der Waals surface area contributed by atoms with Gasteiger partial charge in [-0.25, -0.2) is 0 Å². The molecule has 2 aliphatic heterocycles. The van der Waals surface area contributed by atoms with Crippen molar-refractivity contribution in [1.82, 2.24) is 5.32 Å². The van der Waals surface area contributed by atoms with Crippen molar-refractivity contribution < 1.29 is 9.47 Å². The Balaban J connectivity index is 1.92. The maximum absolute atomic E-state index is 5.69. The van der Waals surface area contributed by atoms with Gasteiger partial charge < -0.3 is 14.8 Å². The minimum absolute atomic E-state index is 0.623.